The summed E-state index contributed by atoms with van der Waals surface area (Å²) in [5, 5.41) is 6.84. The normalized spacial score (nSPS) is 10.4. The molecular formula is C16H13ClN2OS. The molecule has 2 aromatic carbocycles. The van der Waals surface area contributed by atoms with Crippen LogP contribution in [0, 0.1) is 0 Å². The minimum atomic E-state index is 0.723. The maximum Gasteiger partial charge on any atom is 0.187 e. The van der Waals surface area contributed by atoms with Crippen molar-refractivity contribution in [3.05, 3.63) is 58.9 Å². The number of hydrogen-bond acceptors (Lipinski definition) is 4. The van der Waals surface area contributed by atoms with Gasteiger partial charge in [-0.2, -0.15) is 0 Å². The van der Waals surface area contributed by atoms with E-state index in [2.05, 4.69) is 10.3 Å². The highest BCUT2D eigenvalue weighted by Crippen LogP contribution is 2.31. The largest absolute Gasteiger partial charge is 0.495 e. The first kappa shape index (κ1) is 13.9. The Bertz CT molecular complexity index is 740. The van der Waals surface area contributed by atoms with Crippen LogP contribution < -0.4 is 10.1 Å². The van der Waals surface area contributed by atoms with E-state index in [1.54, 1.807) is 18.4 Å². The van der Waals surface area contributed by atoms with E-state index >= 15 is 0 Å². The third-order valence-electron chi connectivity index (χ3n) is 2.99. The highest BCUT2D eigenvalue weighted by atomic mass is 35.5. The number of benzene rings is 2. The van der Waals surface area contributed by atoms with E-state index in [1.807, 2.05) is 53.9 Å². The third kappa shape index (κ3) is 3.17. The fourth-order valence-corrected chi connectivity index (χ4v) is 2.81. The van der Waals surface area contributed by atoms with Gasteiger partial charge in [-0.3, -0.25) is 0 Å². The molecule has 0 bridgehead atoms. The van der Waals surface area contributed by atoms with Gasteiger partial charge in [0.25, 0.3) is 0 Å². The predicted molar refractivity (Wildman–Crippen MR) is 88.8 cm³/mol. The minimum absolute atomic E-state index is 0.723. The van der Waals surface area contributed by atoms with Crippen molar-refractivity contribution in [2.45, 2.75) is 0 Å². The third-order valence-corrected chi connectivity index (χ3v) is 4.00. The molecule has 106 valence electrons. The van der Waals surface area contributed by atoms with Crippen molar-refractivity contribution in [3.8, 4) is 17.0 Å². The monoisotopic (exact) mass is 316 g/mol. The lowest BCUT2D eigenvalue weighted by Gasteiger charge is -2.08. The number of halogens is 1. The molecule has 3 rings (SSSR count). The number of para-hydroxylation sites is 2. The maximum absolute atomic E-state index is 5.90. The van der Waals surface area contributed by atoms with Crippen LogP contribution in [0.5, 0.6) is 5.75 Å². The Morgan fingerprint density at radius 3 is 2.62 bits per heavy atom. The molecule has 0 aliphatic carbocycles. The highest BCUT2D eigenvalue weighted by molar-refractivity contribution is 7.14. The molecule has 3 aromatic rings. The molecule has 1 aromatic heterocycles. The van der Waals surface area contributed by atoms with Gasteiger partial charge in [0, 0.05) is 16.0 Å². The Morgan fingerprint density at radius 2 is 1.86 bits per heavy atom. The summed E-state index contributed by atoms with van der Waals surface area (Å²) < 4.78 is 5.32. The van der Waals surface area contributed by atoms with Gasteiger partial charge in [-0.05, 0) is 24.3 Å². The van der Waals surface area contributed by atoms with Crippen LogP contribution >= 0.6 is 22.9 Å². The van der Waals surface area contributed by atoms with Crippen LogP contribution in [-0.4, -0.2) is 12.1 Å². The van der Waals surface area contributed by atoms with Crippen LogP contribution in [0.1, 0.15) is 0 Å². The van der Waals surface area contributed by atoms with E-state index in [4.69, 9.17) is 16.3 Å². The fourth-order valence-electron chi connectivity index (χ4n) is 1.95. The molecule has 0 saturated carbocycles. The summed E-state index contributed by atoms with van der Waals surface area (Å²) in [7, 11) is 1.65. The van der Waals surface area contributed by atoms with Crippen LogP contribution in [0.2, 0.25) is 5.02 Å². The number of rotatable bonds is 4. The quantitative estimate of drug-likeness (QED) is 0.717. The fraction of sp³-hybridized carbons (Fsp3) is 0.0625. The number of anilines is 2. The molecule has 0 saturated heterocycles. The lowest BCUT2D eigenvalue weighted by molar-refractivity contribution is 0.417. The van der Waals surface area contributed by atoms with Crippen molar-refractivity contribution in [2.24, 2.45) is 0 Å². The van der Waals surface area contributed by atoms with Crippen LogP contribution in [0.3, 0.4) is 0 Å². The van der Waals surface area contributed by atoms with Crippen LogP contribution in [0.25, 0.3) is 11.3 Å². The summed E-state index contributed by atoms with van der Waals surface area (Å²) >= 11 is 7.45. The molecule has 0 spiro atoms. The van der Waals surface area contributed by atoms with Gasteiger partial charge in [-0.15, -0.1) is 11.3 Å². The molecule has 5 heteroatoms. The Morgan fingerprint density at radius 1 is 1.10 bits per heavy atom. The number of hydrogen-bond donors (Lipinski definition) is 1. The van der Waals surface area contributed by atoms with Gasteiger partial charge in [-0.25, -0.2) is 4.98 Å². The topological polar surface area (TPSA) is 34.1 Å². The summed E-state index contributed by atoms with van der Waals surface area (Å²) in [5.74, 6) is 0.792. The Hall–Kier alpha value is -2.04. The van der Waals surface area contributed by atoms with Gasteiger partial charge >= 0.3 is 0 Å². The van der Waals surface area contributed by atoms with E-state index in [0.717, 1.165) is 32.8 Å². The summed E-state index contributed by atoms with van der Waals surface area (Å²) in [6.07, 6.45) is 0. The molecule has 0 atom stereocenters. The Labute approximate surface area is 132 Å². The summed E-state index contributed by atoms with van der Waals surface area (Å²) in [6.45, 7) is 0. The number of nitrogens with one attached hydrogen (secondary N) is 1. The number of thiazole rings is 1. The zero-order chi connectivity index (χ0) is 14.7. The average molecular weight is 317 g/mol. The molecule has 0 aliphatic rings. The molecule has 0 radical (unpaired) electrons. The first-order valence-corrected chi connectivity index (χ1v) is 7.63. The SMILES string of the molecule is COc1ccccc1Nc1nc(-c2ccc(Cl)cc2)cs1. The molecular weight excluding hydrogens is 304 g/mol. The van der Waals surface area contributed by atoms with Crippen molar-refractivity contribution in [1.29, 1.82) is 0 Å². The van der Waals surface area contributed by atoms with Crippen molar-refractivity contribution in [2.75, 3.05) is 12.4 Å². The zero-order valence-electron chi connectivity index (χ0n) is 11.3. The number of methoxy groups -OCH3 is 1. The molecule has 0 fully saturated rings. The van der Waals surface area contributed by atoms with Gasteiger partial charge in [-0.1, -0.05) is 35.9 Å². The second kappa shape index (κ2) is 6.16. The van der Waals surface area contributed by atoms with E-state index < -0.39 is 0 Å². The van der Waals surface area contributed by atoms with Crippen LogP contribution in [0.15, 0.2) is 53.9 Å². The molecule has 3 nitrogen and oxygen atoms in total. The Kier molecular flexibility index (Phi) is 4.08. The molecule has 21 heavy (non-hydrogen) atoms. The number of aromatic nitrogens is 1. The van der Waals surface area contributed by atoms with Crippen LogP contribution in [-0.2, 0) is 0 Å². The molecule has 0 aliphatic heterocycles. The average Bonchev–Trinajstić information content (AvgIpc) is 2.97. The number of ether oxygens (including phenoxy) is 1. The van der Waals surface area contributed by atoms with E-state index in [-0.39, 0.29) is 0 Å². The molecule has 1 N–H and O–H groups in total. The van der Waals surface area contributed by atoms with Crippen molar-refractivity contribution >= 4 is 33.8 Å². The zero-order valence-corrected chi connectivity index (χ0v) is 12.9. The number of nitrogens with zero attached hydrogens (tertiary/aromatic N) is 1. The van der Waals surface area contributed by atoms with Gasteiger partial charge < -0.3 is 10.1 Å². The smallest absolute Gasteiger partial charge is 0.187 e. The van der Waals surface area contributed by atoms with Crippen molar-refractivity contribution in [3.63, 3.8) is 0 Å². The van der Waals surface area contributed by atoms with Gasteiger partial charge in [0.05, 0.1) is 18.5 Å². The van der Waals surface area contributed by atoms with Gasteiger partial charge in [0.15, 0.2) is 5.13 Å². The summed E-state index contributed by atoms with van der Waals surface area (Å²) in [5.41, 5.74) is 2.87. The summed E-state index contributed by atoms with van der Waals surface area (Å²) in [4.78, 5) is 4.59. The minimum Gasteiger partial charge on any atom is -0.495 e. The van der Waals surface area contributed by atoms with Gasteiger partial charge in [0.2, 0.25) is 0 Å². The lowest BCUT2D eigenvalue weighted by atomic mass is 10.2. The first-order chi connectivity index (χ1) is 10.3. The standard InChI is InChI=1S/C16H13ClN2OS/c1-20-15-5-3-2-4-13(15)18-16-19-14(10-21-16)11-6-8-12(17)9-7-11/h2-10H,1H3,(H,18,19). The lowest BCUT2D eigenvalue weighted by Crippen LogP contribution is -1.93. The second-order valence-corrected chi connectivity index (χ2v) is 5.66. The summed E-state index contributed by atoms with van der Waals surface area (Å²) in [6, 6.07) is 15.4. The van der Waals surface area contributed by atoms with Crippen molar-refractivity contribution in [1.82, 2.24) is 4.98 Å². The molecule has 0 amide bonds. The molecule has 1 heterocycles. The van der Waals surface area contributed by atoms with E-state index in [9.17, 15) is 0 Å². The second-order valence-electron chi connectivity index (χ2n) is 4.37. The first-order valence-electron chi connectivity index (χ1n) is 6.38. The van der Waals surface area contributed by atoms with Crippen molar-refractivity contribution < 1.29 is 4.74 Å². The van der Waals surface area contributed by atoms with E-state index in [1.165, 1.54) is 0 Å². The highest BCUT2D eigenvalue weighted by Gasteiger charge is 2.07. The maximum atomic E-state index is 5.90. The molecule has 0 unspecified atom stereocenters. The Balaban J connectivity index is 1.83. The van der Waals surface area contributed by atoms with E-state index in [0.29, 0.717) is 0 Å². The van der Waals surface area contributed by atoms with Crippen LogP contribution in [0.4, 0.5) is 10.8 Å². The van der Waals surface area contributed by atoms with Gasteiger partial charge in [0.1, 0.15) is 5.75 Å². The predicted octanol–water partition coefficient (Wildman–Crippen LogP) is 5.22.